The highest BCUT2D eigenvalue weighted by Gasteiger charge is 2.38. The number of hydrogen-bond donors (Lipinski definition) is 1. The molecular formula is C20H21ClN2O2. The summed E-state index contributed by atoms with van der Waals surface area (Å²) in [6, 6.07) is 15.1. The first-order chi connectivity index (χ1) is 12.0. The van der Waals surface area contributed by atoms with Gasteiger partial charge in [0.1, 0.15) is 5.92 Å². The molecule has 1 heterocycles. The molecule has 2 atom stereocenters. The SMILES string of the molecule is Cc1ccc(N2CC[C@@H](C(=O)N[C@@H](C)c3ccccc3)C2=O)cc1Cl. The Labute approximate surface area is 152 Å². The standard InChI is InChI=1S/C20H21ClN2O2/c1-13-8-9-16(12-18(13)21)23-11-10-17(20(23)25)19(24)22-14(2)15-6-4-3-5-7-15/h3-9,12,14,17H,10-11H2,1-2H3,(H,22,24)/t14-,17-/m0/s1. The molecule has 1 saturated heterocycles. The van der Waals surface area contributed by atoms with E-state index in [2.05, 4.69) is 5.32 Å². The molecule has 2 aromatic carbocycles. The molecule has 1 aliphatic rings. The van der Waals surface area contributed by atoms with Crippen LogP contribution in [0.1, 0.15) is 30.5 Å². The predicted molar refractivity (Wildman–Crippen MR) is 99.6 cm³/mol. The third kappa shape index (κ3) is 3.69. The maximum absolute atomic E-state index is 12.7. The molecule has 0 bridgehead atoms. The Morgan fingerprint density at radius 3 is 2.64 bits per heavy atom. The van der Waals surface area contributed by atoms with Gasteiger partial charge in [0.25, 0.3) is 0 Å². The highest BCUT2D eigenvalue weighted by atomic mass is 35.5. The van der Waals surface area contributed by atoms with Crippen molar-refractivity contribution in [1.29, 1.82) is 0 Å². The number of nitrogens with one attached hydrogen (secondary N) is 1. The average Bonchev–Trinajstić information content (AvgIpc) is 2.99. The Balaban J connectivity index is 1.69. The van der Waals surface area contributed by atoms with Gasteiger partial charge in [0, 0.05) is 17.3 Å². The molecule has 1 N–H and O–H groups in total. The lowest BCUT2D eigenvalue weighted by molar-refractivity contribution is -0.132. The van der Waals surface area contributed by atoms with Crippen LogP contribution in [0.15, 0.2) is 48.5 Å². The van der Waals surface area contributed by atoms with Crippen molar-refractivity contribution in [3.8, 4) is 0 Å². The van der Waals surface area contributed by atoms with Crippen molar-refractivity contribution in [2.24, 2.45) is 5.92 Å². The third-order valence-corrected chi connectivity index (χ3v) is 5.05. The van der Waals surface area contributed by atoms with E-state index in [-0.39, 0.29) is 17.9 Å². The van der Waals surface area contributed by atoms with E-state index in [9.17, 15) is 9.59 Å². The van der Waals surface area contributed by atoms with Crippen LogP contribution in [0, 0.1) is 12.8 Å². The monoisotopic (exact) mass is 356 g/mol. The van der Waals surface area contributed by atoms with Gasteiger partial charge in [-0.1, -0.05) is 48.0 Å². The van der Waals surface area contributed by atoms with Crippen LogP contribution in [-0.4, -0.2) is 18.4 Å². The number of aryl methyl sites for hydroxylation is 1. The van der Waals surface area contributed by atoms with Gasteiger partial charge >= 0.3 is 0 Å². The van der Waals surface area contributed by atoms with E-state index < -0.39 is 5.92 Å². The third-order valence-electron chi connectivity index (χ3n) is 4.65. The molecule has 1 aliphatic heterocycles. The van der Waals surface area contributed by atoms with Gasteiger partial charge in [-0.25, -0.2) is 0 Å². The fourth-order valence-corrected chi connectivity index (χ4v) is 3.24. The lowest BCUT2D eigenvalue weighted by Crippen LogP contribution is -2.38. The van der Waals surface area contributed by atoms with Crippen LogP contribution < -0.4 is 10.2 Å². The van der Waals surface area contributed by atoms with Crippen molar-refractivity contribution in [3.05, 3.63) is 64.7 Å². The zero-order valence-corrected chi connectivity index (χ0v) is 15.1. The summed E-state index contributed by atoms with van der Waals surface area (Å²) in [7, 11) is 0. The number of anilines is 1. The van der Waals surface area contributed by atoms with E-state index in [1.807, 2.05) is 56.3 Å². The van der Waals surface area contributed by atoms with Crippen molar-refractivity contribution >= 4 is 29.1 Å². The summed E-state index contributed by atoms with van der Waals surface area (Å²) in [6.45, 7) is 4.36. The zero-order chi connectivity index (χ0) is 18.0. The van der Waals surface area contributed by atoms with E-state index >= 15 is 0 Å². The van der Waals surface area contributed by atoms with Gasteiger partial charge < -0.3 is 10.2 Å². The Morgan fingerprint density at radius 1 is 1.24 bits per heavy atom. The average molecular weight is 357 g/mol. The molecule has 25 heavy (non-hydrogen) atoms. The Morgan fingerprint density at radius 2 is 1.96 bits per heavy atom. The van der Waals surface area contributed by atoms with Gasteiger partial charge in [0.05, 0.1) is 6.04 Å². The summed E-state index contributed by atoms with van der Waals surface area (Å²) in [6.07, 6.45) is 0.512. The molecule has 0 spiro atoms. The van der Waals surface area contributed by atoms with E-state index in [0.717, 1.165) is 16.8 Å². The molecule has 0 radical (unpaired) electrons. The summed E-state index contributed by atoms with van der Waals surface area (Å²) >= 11 is 6.16. The number of amides is 2. The van der Waals surface area contributed by atoms with E-state index in [1.54, 1.807) is 11.0 Å². The zero-order valence-electron chi connectivity index (χ0n) is 14.3. The van der Waals surface area contributed by atoms with Crippen LogP contribution in [0.2, 0.25) is 5.02 Å². The molecule has 3 rings (SSSR count). The van der Waals surface area contributed by atoms with Gasteiger partial charge in [-0.05, 0) is 43.5 Å². The summed E-state index contributed by atoms with van der Waals surface area (Å²) in [5.74, 6) is -1.04. The van der Waals surface area contributed by atoms with Gasteiger partial charge in [-0.3, -0.25) is 9.59 Å². The molecule has 0 aromatic heterocycles. The van der Waals surface area contributed by atoms with Gasteiger partial charge in [-0.15, -0.1) is 0 Å². The maximum atomic E-state index is 12.7. The van der Waals surface area contributed by atoms with Gasteiger partial charge in [0.15, 0.2) is 0 Å². The number of carbonyl (C=O) groups excluding carboxylic acids is 2. The highest BCUT2D eigenvalue weighted by Crippen LogP contribution is 2.29. The summed E-state index contributed by atoms with van der Waals surface area (Å²) in [4.78, 5) is 26.9. The first kappa shape index (κ1) is 17.5. The lowest BCUT2D eigenvalue weighted by Gasteiger charge is -2.19. The summed E-state index contributed by atoms with van der Waals surface area (Å²) in [5.41, 5.74) is 2.72. The highest BCUT2D eigenvalue weighted by molar-refractivity contribution is 6.31. The normalized spacial score (nSPS) is 18.3. The Hall–Kier alpha value is -2.33. The number of carbonyl (C=O) groups is 2. The van der Waals surface area contributed by atoms with Crippen LogP contribution in [0.3, 0.4) is 0 Å². The number of benzene rings is 2. The minimum Gasteiger partial charge on any atom is -0.349 e. The molecule has 5 heteroatoms. The number of hydrogen-bond acceptors (Lipinski definition) is 2. The molecule has 4 nitrogen and oxygen atoms in total. The van der Waals surface area contributed by atoms with Crippen molar-refractivity contribution in [2.45, 2.75) is 26.3 Å². The van der Waals surface area contributed by atoms with Crippen LogP contribution >= 0.6 is 11.6 Å². The van der Waals surface area contributed by atoms with Crippen molar-refractivity contribution in [1.82, 2.24) is 5.32 Å². The van der Waals surface area contributed by atoms with Gasteiger partial charge in [-0.2, -0.15) is 0 Å². The smallest absolute Gasteiger partial charge is 0.239 e. The number of nitrogens with zero attached hydrogens (tertiary/aromatic N) is 1. The van der Waals surface area contributed by atoms with E-state index in [0.29, 0.717) is 18.0 Å². The van der Waals surface area contributed by atoms with Crippen LogP contribution in [0.5, 0.6) is 0 Å². The van der Waals surface area contributed by atoms with Crippen LogP contribution in [0.4, 0.5) is 5.69 Å². The first-order valence-electron chi connectivity index (χ1n) is 8.40. The molecule has 130 valence electrons. The van der Waals surface area contributed by atoms with Crippen molar-refractivity contribution < 1.29 is 9.59 Å². The van der Waals surface area contributed by atoms with E-state index in [1.165, 1.54) is 0 Å². The summed E-state index contributed by atoms with van der Waals surface area (Å²) in [5, 5.41) is 3.57. The van der Waals surface area contributed by atoms with Gasteiger partial charge in [0.2, 0.25) is 11.8 Å². The number of rotatable bonds is 4. The molecule has 0 aliphatic carbocycles. The molecule has 2 amide bonds. The first-order valence-corrected chi connectivity index (χ1v) is 8.78. The fourth-order valence-electron chi connectivity index (χ4n) is 3.07. The second kappa shape index (κ2) is 7.28. The predicted octanol–water partition coefficient (Wildman–Crippen LogP) is 3.88. The maximum Gasteiger partial charge on any atom is 0.239 e. The molecule has 0 saturated carbocycles. The molecule has 0 unspecified atom stereocenters. The second-order valence-electron chi connectivity index (χ2n) is 6.41. The molecule has 1 fully saturated rings. The summed E-state index contributed by atoms with van der Waals surface area (Å²) < 4.78 is 0. The fraction of sp³-hybridized carbons (Fsp3) is 0.300. The topological polar surface area (TPSA) is 49.4 Å². The Bertz CT molecular complexity index is 792. The van der Waals surface area contributed by atoms with Crippen LogP contribution in [-0.2, 0) is 9.59 Å². The molecular weight excluding hydrogens is 336 g/mol. The van der Waals surface area contributed by atoms with Crippen LogP contribution in [0.25, 0.3) is 0 Å². The second-order valence-corrected chi connectivity index (χ2v) is 6.81. The van der Waals surface area contributed by atoms with Crippen molar-refractivity contribution in [3.63, 3.8) is 0 Å². The quantitative estimate of drug-likeness (QED) is 0.845. The minimum absolute atomic E-state index is 0.135. The van der Waals surface area contributed by atoms with Crippen molar-refractivity contribution in [2.75, 3.05) is 11.4 Å². The minimum atomic E-state index is -0.647. The largest absolute Gasteiger partial charge is 0.349 e. The number of halogens is 1. The Kier molecular flexibility index (Phi) is 5.09. The molecule has 2 aromatic rings. The lowest BCUT2D eigenvalue weighted by atomic mass is 10.0. The van der Waals surface area contributed by atoms with E-state index in [4.69, 9.17) is 11.6 Å².